The number of hydrogen-bond acceptors (Lipinski definition) is 2. The third kappa shape index (κ3) is 1.28. The highest BCUT2D eigenvalue weighted by Crippen LogP contribution is 2.09. The first kappa shape index (κ1) is 6.67. The lowest BCUT2D eigenvalue weighted by molar-refractivity contribution is -0.465. The predicted molar refractivity (Wildman–Crippen MR) is 32.4 cm³/mol. The number of nitrogens with zero attached hydrogens (tertiary/aromatic N) is 1. The van der Waals surface area contributed by atoms with Crippen LogP contribution in [-0.2, 0) is 0 Å². The van der Waals surface area contributed by atoms with Crippen LogP contribution in [0.2, 0.25) is 0 Å². The van der Waals surface area contributed by atoms with Crippen LogP contribution in [-0.4, -0.2) is 4.86 Å². The first-order valence-electron chi connectivity index (χ1n) is 2.64. The van der Waals surface area contributed by atoms with Crippen LogP contribution in [0.5, 0.6) is 0 Å². The third-order valence-electron chi connectivity index (χ3n) is 1.06. The van der Waals surface area contributed by atoms with Gasteiger partial charge >= 0.3 is 0 Å². The molecule has 0 spiro atoms. The minimum atomic E-state index is -0.411. The third-order valence-corrected chi connectivity index (χ3v) is 1.06. The van der Waals surface area contributed by atoms with Gasteiger partial charge in [0.2, 0.25) is 5.69 Å². The number of hydrogen-bond donors (Lipinski definition) is 1. The minimum absolute atomic E-state index is 0.0700. The summed E-state index contributed by atoms with van der Waals surface area (Å²) in [5, 5.41) is 10.2. The quantitative estimate of drug-likeness (QED) is 0.362. The maximum atomic E-state index is 12.2. The standard InChI is InChI=1S/C6H5FN2O/c7-5-1-3-6(4-2-5)9(8)10/h1-4,8H. The highest BCUT2D eigenvalue weighted by Gasteiger charge is 1.98. The molecule has 52 valence electrons. The van der Waals surface area contributed by atoms with Gasteiger partial charge in [-0.15, -0.1) is 0 Å². The maximum Gasteiger partial charge on any atom is 0.244 e. The molecule has 0 bridgehead atoms. The van der Waals surface area contributed by atoms with E-state index in [2.05, 4.69) is 0 Å². The monoisotopic (exact) mass is 140 g/mol. The Balaban J connectivity index is 3.00. The smallest absolute Gasteiger partial charge is 0.244 e. The van der Waals surface area contributed by atoms with E-state index in [1.807, 2.05) is 0 Å². The fourth-order valence-electron chi connectivity index (χ4n) is 0.576. The Morgan fingerprint density at radius 3 is 2.20 bits per heavy atom. The van der Waals surface area contributed by atoms with Gasteiger partial charge < -0.3 is 5.21 Å². The van der Waals surface area contributed by atoms with Crippen LogP contribution in [0.1, 0.15) is 0 Å². The van der Waals surface area contributed by atoms with E-state index >= 15 is 0 Å². The van der Waals surface area contributed by atoms with E-state index in [9.17, 15) is 9.60 Å². The van der Waals surface area contributed by atoms with Gasteiger partial charge in [-0.25, -0.2) is 4.39 Å². The topological polar surface area (TPSA) is 49.9 Å². The molecule has 0 amide bonds. The van der Waals surface area contributed by atoms with Gasteiger partial charge in [0.1, 0.15) is 5.82 Å². The summed E-state index contributed by atoms with van der Waals surface area (Å²) >= 11 is 0. The van der Waals surface area contributed by atoms with Crippen molar-refractivity contribution in [2.24, 2.45) is 0 Å². The van der Waals surface area contributed by atoms with Crippen LogP contribution in [0.3, 0.4) is 0 Å². The average molecular weight is 140 g/mol. The zero-order chi connectivity index (χ0) is 7.56. The van der Waals surface area contributed by atoms with Crippen molar-refractivity contribution in [1.29, 1.82) is 5.53 Å². The second-order valence-corrected chi connectivity index (χ2v) is 1.77. The second-order valence-electron chi connectivity index (χ2n) is 1.77. The van der Waals surface area contributed by atoms with Gasteiger partial charge in [-0.2, -0.15) is 0 Å². The Kier molecular flexibility index (Phi) is 1.62. The van der Waals surface area contributed by atoms with Crippen molar-refractivity contribution in [3.8, 4) is 0 Å². The Bertz CT molecular complexity index is 244. The van der Waals surface area contributed by atoms with Crippen LogP contribution in [0, 0.1) is 16.6 Å². The molecule has 0 aliphatic carbocycles. The Labute approximate surface area is 56.8 Å². The molecule has 1 N–H and O–H groups in total. The molecule has 0 aliphatic heterocycles. The molecule has 0 aromatic heterocycles. The summed E-state index contributed by atoms with van der Waals surface area (Å²) in [7, 11) is 0. The molecule has 0 saturated carbocycles. The molecule has 3 nitrogen and oxygen atoms in total. The van der Waals surface area contributed by atoms with Gasteiger partial charge in [0.15, 0.2) is 0 Å². The molecule has 0 radical (unpaired) electrons. The van der Waals surface area contributed by atoms with E-state index in [-0.39, 0.29) is 10.5 Å². The lowest BCUT2D eigenvalue weighted by Crippen LogP contribution is -1.86. The van der Waals surface area contributed by atoms with Crippen LogP contribution in [0.25, 0.3) is 0 Å². The van der Waals surface area contributed by atoms with Crippen LogP contribution >= 0.6 is 0 Å². The minimum Gasteiger partial charge on any atom is -0.594 e. The fourth-order valence-corrected chi connectivity index (χ4v) is 0.576. The summed E-state index contributed by atoms with van der Waals surface area (Å²) in [6.45, 7) is 0. The molecule has 1 rings (SSSR count). The first-order valence-corrected chi connectivity index (χ1v) is 2.64. The van der Waals surface area contributed by atoms with E-state index in [4.69, 9.17) is 5.53 Å². The molecule has 4 heteroatoms. The van der Waals surface area contributed by atoms with E-state index in [1.165, 1.54) is 12.1 Å². The first-order chi connectivity index (χ1) is 4.70. The molecule has 0 atom stereocenters. The highest BCUT2D eigenvalue weighted by atomic mass is 19.1. The molecule has 0 saturated heterocycles. The molecule has 10 heavy (non-hydrogen) atoms. The maximum absolute atomic E-state index is 12.2. The molecular formula is C6H5FN2O. The van der Waals surface area contributed by atoms with Crippen molar-refractivity contribution in [3.63, 3.8) is 0 Å². The summed E-state index contributed by atoms with van der Waals surface area (Å²) < 4.78 is 12.2. The Morgan fingerprint density at radius 2 is 1.80 bits per heavy atom. The van der Waals surface area contributed by atoms with Gasteiger partial charge in [0.25, 0.3) is 0 Å². The summed E-state index contributed by atoms with van der Waals surface area (Å²) in [4.78, 5) is -0.0700. The number of halogens is 1. The Hall–Kier alpha value is -1.45. The van der Waals surface area contributed by atoms with Crippen molar-refractivity contribution in [3.05, 3.63) is 35.3 Å². The number of nitrogens with one attached hydrogen (secondary N) is 1. The summed E-state index contributed by atoms with van der Waals surface area (Å²) in [6.07, 6.45) is 0. The van der Waals surface area contributed by atoms with Crippen molar-refractivity contribution in [2.45, 2.75) is 0 Å². The van der Waals surface area contributed by atoms with Gasteiger partial charge in [0.05, 0.1) is 0 Å². The van der Waals surface area contributed by atoms with Crippen molar-refractivity contribution in [2.75, 3.05) is 0 Å². The largest absolute Gasteiger partial charge is 0.594 e. The summed E-state index contributed by atoms with van der Waals surface area (Å²) in [5.41, 5.74) is 6.67. The van der Waals surface area contributed by atoms with Crippen molar-refractivity contribution >= 4 is 5.69 Å². The lowest BCUT2D eigenvalue weighted by atomic mass is 10.3. The number of benzene rings is 1. The van der Waals surface area contributed by atoms with Crippen LogP contribution < -0.4 is 0 Å². The summed E-state index contributed by atoms with van der Waals surface area (Å²) in [5.74, 6) is -0.411. The van der Waals surface area contributed by atoms with Gasteiger partial charge in [-0.1, -0.05) is 4.86 Å². The van der Waals surface area contributed by atoms with Crippen molar-refractivity contribution < 1.29 is 9.25 Å². The van der Waals surface area contributed by atoms with E-state index < -0.39 is 5.82 Å². The van der Waals surface area contributed by atoms with E-state index in [1.54, 1.807) is 0 Å². The van der Waals surface area contributed by atoms with Gasteiger partial charge in [-0.3, -0.25) is 0 Å². The number of rotatable bonds is 1. The summed E-state index contributed by atoms with van der Waals surface area (Å²) in [6, 6.07) is 4.76. The molecule has 0 heterocycles. The molecule has 0 unspecified atom stereocenters. The fraction of sp³-hybridized carbons (Fsp3) is 0. The predicted octanol–water partition coefficient (Wildman–Crippen LogP) is 2.00. The van der Waals surface area contributed by atoms with E-state index in [0.717, 1.165) is 12.1 Å². The highest BCUT2D eigenvalue weighted by molar-refractivity contribution is 5.28. The normalized spacial score (nSPS) is 9.30. The van der Waals surface area contributed by atoms with Gasteiger partial charge in [0, 0.05) is 12.1 Å². The zero-order valence-corrected chi connectivity index (χ0v) is 5.04. The molecule has 0 fully saturated rings. The lowest BCUT2D eigenvalue weighted by Gasteiger charge is -1.93. The molecule has 1 aromatic rings. The Morgan fingerprint density at radius 1 is 1.30 bits per heavy atom. The van der Waals surface area contributed by atoms with Crippen LogP contribution in [0.4, 0.5) is 10.1 Å². The SMILES string of the molecule is N=[N+]([O-])c1ccc(F)cc1. The van der Waals surface area contributed by atoms with Crippen molar-refractivity contribution in [1.82, 2.24) is 0 Å². The average Bonchev–Trinajstić information content (AvgIpc) is 1.88. The molecule has 0 aliphatic rings. The van der Waals surface area contributed by atoms with E-state index in [0.29, 0.717) is 0 Å². The molecular weight excluding hydrogens is 135 g/mol. The molecule has 1 aromatic carbocycles. The second kappa shape index (κ2) is 2.43. The zero-order valence-electron chi connectivity index (χ0n) is 5.04. The van der Waals surface area contributed by atoms with Crippen LogP contribution in [0.15, 0.2) is 24.3 Å². The van der Waals surface area contributed by atoms with Gasteiger partial charge in [-0.05, 0) is 17.7 Å².